The van der Waals surface area contributed by atoms with Crippen LogP contribution in [0.1, 0.15) is 5.01 Å². The highest BCUT2D eigenvalue weighted by atomic mass is 32.2. The minimum Gasteiger partial charge on any atom is -0.375 e. The summed E-state index contributed by atoms with van der Waals surface area (Å²) in [5.74, 6) is 0.191. The topological polar surface area (TPSA) is 75.6 Å². The fourth-order valence-electron chi connectivity index (χ4n) is 2.74. The fraction of sp³-hybridized carbons (Fsp3) is 0.818. The summed E-state index contributed by atoms with van der Waals surface area (Å²) in [5, 5.41) is 10.0. The van der Waals surface area contributed by atoms with E-state index >= 15 is 0 Å². The molecule has 0 amide bonds. The van der Waals surface area contributed by atoms with Gasteiger partial charge in [-0.15, -0.1) is 10.2 Å². The third-order valence-electron chi connectivity index (χ3n) is 3.75. The van der Waals surface area contributed by atoms with Crippen molar-refractivity contribution in [1.82, 2.24) is 14.5 Å². The molecule has 3 heterocycles. The van der Waals surface area contributed by atoms with Gasteiger partial charge in [0.05, 0.1) is 19.0 Å². The van der Waals surface area contributed by atoms with E-state index in [1.54, 1.807) is 11.3 Å². The van der Waals surface area contributed by atoms with E-state index in [0.717, 1.165) is 23.2 Å². The van der Waals surface area contributed by atoms with Crippen molar-refractivity contribution in [2.45, 2.75) is 13.0 Å². The summed E-state index contributed by atoms with van der Waals surface area (Å²) in [6.07, 6.45) is 1.33. The Kier molecular flexibility index (Phi) is 3.69. The van der Waals surface area contributed by atoms with E-state index in [9.17, 15) is 8.42 Å². The predicted octanol–water partition coefficient (Wildman–Crippen LogP) is -0.0569. The summed E-state index contributed by atoms with van der Waals surface area (Å²) in [6.45, 7) is 4.89. The minimum atomic E-state index is -3.16. The second-order valence-electron chi connectivity index (χ2n) is 5.30. The Labute approximate surface area is 122 Å². The second kappa shape index (κ2) is 5.21. The quantitative estimate of drug-likeness (QED) is 0.761. The highest BCUT2D eigenvalue weighted by Gasteiger charge is 2.39. The molecule has 0 N–H and O–H groups in total. The summed E-state index contributed by atoms with van der Waals surface area (Å²) in [7, 11) is -3.16. The summed E-state index contributed by atoms with van der Waals surface area (Å²) in [4.78, 5) is 2.14. The Morgan fingerprint density at radius 2 is 2.10 bits per heavy atom. The lowest BCUT2D eigenvalue weighted by Gasteiger charge is -2.20. The zero-order valence-corrected chi connectivity index (χ0v) is 13.2. The maximum absolute atomic E-state index is 11.7. The number of anilines is 1. The average Bonchev–Trinajstić information content (AvgIpc) is 2.89. The zero-order valence-electron chi connectivity index (χ0n) is 11.5. The van der Waals surface area contributed by atoms with Gasteiger partial charge in [-0.1, -0.05) is 11.3 Å². The largest absolute Gasteiger partial charge is 0.375 e. The maximum atomic E-state index is 11.7. The van der Waals surface area contributed by atoms with Gasteiger partial charge in [0, 0.05) is 32.1 Å². The van der Waals surface area contributed by atoms with Crippen molar-refractivity contribution in [2.75, 3.05) is 43.9 Å². The van der Waals surface area contributed by atoms with Crippen LogP contribution in [0.15, 0.2) is 0 Å². The molecule has 0 bridgehead atoms. The molecule has 20 heavy (non-hydrogen) atoms. The van der Waals surface area contributed by atoms with Gasteiger partial charge in [-0.3, -0.25) is 0 Å². The molecule has 0 spiro atoms. The predicted molar refractivity (Wildman–Crippen MR) is 76.5 cm³/mol. The van der Waals surface area contributed by atoms with E-state index in [1.165, 1.54) is 10.6 Å². The van der Waals surface area contributed by atoms with Crippen LogP contribution in [-0.2, 0) is 14.8 Å². The number of nitrogens with zero attached hydrogens (tertiary/aromatic N) is 4. The van der Waals surface area contributed by atoms with Gasteiger partial charge < -0.3 is 9.64 Å². The van der Waals surface area contributed by atoms with Crippen LogP contribution >= 0.6 is 11.3 Å². The van der Waals surface area contributed by atoms with Crippen LogP contribution in [0.3, 0.4) is 0 Å². The third-order valence-corrected chi connectivity index (χ3v) is 5.92. The van der Waals surface area contributed by atoms with Gasteiger partial charge in [0.2, 0.25) is 15.2 Å². The molecule has 2 saturated heterocycles. The smallest absolute Gasteiger partial charge is 0.211 e. The van der Waals surface area contributed by atoms with Gasteiger partial charge in [-0.05, 0) is 6.92 Å². The number of fused-ring (bicyclic) bond motifs is 1. The Balaban J connectivity index is 1.74. The molecule has 0 unspecified atom stereocenters. The molecule has 2 aliphatic rings. The van der Waals surface area contributed by atoms with Crippen LogP contribution in [-0.4, -0.2) is 68.1 Å². The van der Waals surface area contributed by atoms with Crippen molar-refractivity contribution in [2.24, 2.45) is 5.92 Å². The highest BCUT2D eigenvalue weighted by molar-refractivity contribution is 7.88. The molecule has 7 nitrogen and oxygen atoms in total. The highest BCUT2D eigenvalue weighted by Crippen LogP contribution is 2.30. The van der Waals surface area contributed by atoms with Crippen LogP contribution in [0.4, 0.5) is 5.13 Å². The van der Waals surface area contributed by atoms with Crippen molar-refractivity contribution >= 4 is 26.5 Å². The van der Waals surface area contributed by atoms with Crippen molar-refractivity contribution in [1.29, 1.82) is 0 Å². The van der Waals surface area contributed by atoms with E-state index in [2.05, 4.69) is 15.1 Å². The first-order chi connectivity index (χ1) is 9.43. The van der Waals surface area contributed by atoms with E-state index in [4.69, 9.17) is 4.74 Å². The molecule has 9 heteroatoms. The van der Waals surface area contributed by atoms with Gasteiger partial charge in [-0.25, -0.2) is 8.42 Å². The van der Waals surface area contributed by atoms with Gasteiger partial charge in [-0.2, -0.15) is 4.31 Å². The summed E-state index contributed by atoms with van der Waals surface area (Å²) < 4.78 is 30.8. The first-order valence-corrected chi connectivity index (χ1v) is 9.22. The SMILES string of the molecule is Cc1nnc(N2C[C@@H]3CN(S(C)(=O)=O)CCO[C@@H]3C2)s1. The summed E-state index contributed by atoms with van der Waals surface area (Å²) in [5.41, 5.74) is 0. The Hall–Kier alpha value is -0.770. The number of aromatic nitrogens is 2. The number of aryl methyl sites for hydroxylation is 1. The van der Waals surface area contributed by atoms with Gasteiger partial charge in [0.1, 0.15) is 5.01 Å². The van der Waals surface area contributed by atoms with Crippen molar-refractivity contribution in [3.05, 3.63) is 5.01 Å². The zero-order chi connectivity index (χ0) is 14.3. The lowest BCUT2D eigenvalue weighted by molar-refractivity contribution is 0.0584. The summed E-state index contributed by atoms with van der Waals surface area (Å²) in [6, 6.07) is 0. The molecule has 0 radical (unpaired) electrons. The molecule has 112 valence electrons. The van der Waals surface area contributed by atoms with Crippen LogP contribution in [0.2, 0.25) is 0 Å². The molecule has 2 atom stereocenters. The maximum Gasteiger partial charge on any atom is 0.211 e. The number of sulfonamides is 1. The average molecular weight is 318 g/mol. The van der Waals surface area contributed by atoms with Crippen LogP contribution in [0.25, 0.3) is 0 Å². The standard InChI is InChI=1S/C11H18N4O3S2/c1-8-12-13-11(19-8)14-5-9-6-15(20(2,16)17)3-4-18-10(9)7-14/h9-10H,3-7H2,1-2H3/t9-,10-/m1/s1. The second-order valence-corrected chi connectivity index (χ2v) is 8.44. The lowest BCUT2D eigenvalue weighted by Crippen LogP contribution is -2.36. The monoisotopic (exact) mass is 318 g/mol. The normalized spacial score (nSPS) is 28.4. The Morgan fingerprint density at radius 1 is 1.30 bits per heavy atom. The fourth-order valence-corrected chi connectivity index (χ4v) is 4.31. The van der Waals surface area contributed by atoms with E-state index in [1.807, 2.05) is 6.92 Å². The number of ether oxygens (including phenoxy) is 1. The number of hydrogen-bond donors (Lipinski definition) is 0. The van der Waals surface area contributed by atoms with Gasteiger partial charge >= 0.3 is 0 Å². The Morgan fingerprint density at radius 3 is 2.75 bits per heavy atom. The molecular weight excluding hydrogens is 300 g/mol. The summed E-state index contributed by atoms with van der Waals surface area (Å²) >= 11 is 1.56. The van der Waals surface area contributed by atoms with Crippen LogP contribution < -0.4 is 4.90 Å². The number of hydrogen-bond acceptors (Lipinski definition) is 7. The molecule has 0 aliphatic carbocycles. The molecule has 1 aromatic rings. The Bertz CT molecular complexity index is 588. The molecule has 0 saturated carbocycles. The lowest BCUT2D eigenvalue weighted by atomic mass is 10.1. The first kappa shape index (κ1) is 14.2. The van der Waals surface area contributed by atoms with Gasteiger partial charge in [0.25, 0.3) is 0 Å². The van der Waals surface area contributed by atoms with Gasteiger partial charge in [0.15, 0.2) is 0 Å². The van der Waals surface area contributed by atoms with Crippen LogP contribution in [0.5, 0.6) is 0 Å². The van der Waals surface area contributed by atoms with E-state index in [0.29, 0.717) is 19.7 Å². The third kappa shape index (κ3) is 2.80. The van der Waals surface area contributed by atoms with E-state index in [-0.39, 0.29) is 12.0 Å². The first-order valence-electron chi connectivity index (χ1n) is 6.55. The van der Waals surface area contributed by atoms with Crippen LogP contribution in [0, 0.1) is 12.8 Å². The molecule has 1 aromatic heterocycles. The molecule has 2 aliphatic heterocycles. The molecule has 3 rings (SSSR count). The van der Waals surface area contributed by atoms with E-state index < -0.39 is 10.0 Å². The van der Waals surface area contributed by atoms with Crippen molar-refractivity contribution < 1.29 is 13.2 Å². The number of rotatable bonds is 2. The van der Waals surface area contributed by atoms with Crippen molar-refractivity contribution in [3.63, 3.8) is 0 Å². The molecular formula is C11H18N4O3S2. The molecule has 0 aromatic carbocycles. The molecule has 2 fully saturated rings. The minimum absolute atomic E-state index is 0.0750. The van der Waals surface area contributed by atoms with Crippen molar-refractivity contribution in [3.8, 4) is 0 Å².